The number of carbonyl (C=O) groups excluding carboxylic acids is 1. The van der Waals surface area contributed by atoms with Crippen LogP contribution in [0.25, 0.3) is 0 Å². The Morgan fingerprint density at radius 3 is 2.48 bits per heavy atom. The highest BCUT2D eigenvalue weighted by Crippen LogP contribution is 2.34. The Hall–Kier alpha value is -2.27. The standard InChI is InChI=1S/C20H21F2NO2/c21-17-11-15(12-18(22)13-17)19(24)23-14-20(7-4-9-25-10-8-20)16-5-2-1-3-6-16/h1-3,5-6,11-13H,4,7-10,14H2,(H,23,24)/t20-/m0/s1. The number of amides is 1. The first kappa shape index (κ1) is 17.5. The number of rotatable bonds is 4. The van der Waals surface area contributed by atoms with Gasteiger partial charge in [0.05, 0.1) is 0 Å². The average Bonchev–Trinajstić information content (AvgIpc) is 2.86. The van der Waals surface area contributed by atoms with Gasteiger partial charge in [0, 0.05) is 36.8 Å². The maximum absolute atomic E-state index is 13.3. The maximum Gasteiger partial charge on any atom is 0.251 e. The maximum atomic E-state index is 13.3. The first-order valence-corrected chi connectivity index (χ1v) is 8.47. The van der Waals surface area contributed by atoms with E-state index in [1.807, 2.05) is 18.2 Å². The van der Waals surface area contributed by atoms with Crippen LogP contribution in [0, 0.1) is 11.6 Å². The SMILES string of the molecule is O=C(NC[C@]1(c2ccccc2)CCCOCC1)c1cc(F)cc(F)c1. The molecule has 1 aliphatic rings. The molecule has 1 aliphatic heterocycles. The molecule has 0 aliphatic carbocycles. The van der Waals surface area contributed by atoms with E-state index in [1.54, 1.807) is 0 Å². The van der Waals surface area contributed by atoms with E-state index in [0.29, 0.717) is 19.8 Å². The smallest absolute Gasteiger partial charge is 0.251 e. The highest BCUT2D eigenvalue weighted by molar-refractivity contribution is 5.94. The molecule has 1 atom stereocenters. The van der Waals surface area contributed by atoms with Crippen LogP contribution in [0.3, 0.4) is 0 Å². The molecule has 3 nitrogen and oxygen atoms in total. The predicted octanol–water partition coefficient (Wildman–Crippen LogP) is 3.83. The van der Waals surface area contributed by atoms with Gasteiger partial charge in [0.2, 0.25) is 0 Å². The molecule has 0 spiro atoms. The van der Waals surface area contributed by atoms with E-state index in [2.05, 4.69) is 17.4 Å². The van der Waals surface area contributed by atoms with Crippen LogP contribution in [0.2, 0.25) is 0 Å². The molecule has 0 saturated carbocycles. The van der Waals surface area contributed by atoms with Crippen LogP contribution in [0.5, 0.6) is 0 Å². The van der Waals surface area contributed by atoms with E-state index in [0.717, 1.165) is 43.0 Å². The van der Waals surface area contributed by atoms with Crippen molar-refractivity contribution in [3.05, 3.63) is 71.3 Å². The fraction of sp³-hybridized carbons (Fsp3) is 0.350. The Bertz CT molecular complexity index is 705. The van der Waals surface area contributed by atoms with E-state index < -0.39 is 17.5 Å². The molecule has 3 rings (SSSR count). The van der Waals surface area contributed by atoms with Gasteiger partial charge >= 0.3 is 0 Å². The lowest BCUT2D eigenvalue weighted by atomic mass is 9.74. The number of hydrogen-bond acceptors (Lipinski definition) is 2. The normalized spacial score (nSPS) is 20.7. The van der Waals surface area contributed by atoms with Crippen LogP contribution in [0.1, 0.15) is 35.2 Å². The van der Waals surface area contributed by atoms with Crippen LogP contribution in [-0.2, 0) is 10.2 Å². The molecule has 0 bridgehead atoms. The van der Waals surface area contributed by atoms with Crippen molar-refractivity contribution in [2.45, 2.75) is 24.7 Å². The number of carbonyl (C=O) groups is 1. The minimum Gasteiger partial charge on any atom is -0.381 e. The Morgan fingerprint density at radius 2 is 1.76 bits per heavy atom. The molecule has 2 aromatic carbocycles. The molecule has 1 heterocycles. The molecule has 132 valence electrons. The van der Waals surface area contributed by atoms with Gasteiger partial charge in [-0.1, -0.05) is 30.3 Å². The van der Waals surface area contributed by atoms with Gasteiger partial charge in [-0.25, -0.2) is 8.78 Å². The lowest BCUT2D eigenvalue weighted by Crippen LogP contribution is -2.41. The lowest BCUT2D eigenvalue weighted by molar-refractivity contribution is 0.0936. The van der Waals surface area contributed by atoms with Gasteiger partial charge < -0.3 is 10.1 Å². The average molecular weight is 345 g/mol. The van der Waals surface area contributed by atoms with Crippen molar-refractivity contribution in [1.82, 2.24) is 5.32 Å². The Morgan fingerprint density at radius 1 is 1.04 bits per heavy atom. The fourth-order valence-corrected chi connectivity index (χ4v) is 3.40. The van der Waals surface area contributed by atoms with Crippen molar-refractivity contribution in [1.29, 1.82) is 0 Å². The number of nitrogens with one attached hydrogen (secondary N) is 1. The van der Waals surface area contributed by atoms with E-state index in [4.69, 9.17) is 4.74 Å². The summed E-state index contributed by atoms with van der Waals surface area (Å²) < 4.78 is 32.3. The molecule has 5 heteroatoms. The second kappa shape index (κ2) is 7.74. The molecule has 0 unspecified atom stereocenters. The monoisotopic (exact) mass is 345 g/mol. The molecule has 2 aromatic rings. The number of ether oxygens (including phenoxy) is 1. The van der Waals surface area contributed by atoms with Crippen molar-refractivity contribution in [3.8, 4) is 0 Å². The largest absolute Gasteiger partial charge is 0.381 e. The van der Waals surface area contributed by atoms with Crippen LogP contribution in [0.15, 0.2) is 48.5 Å². The van der Waals surface area contributed by atoms with E-state index >= 15 is 0 Å². The van der Waals surface area contributed by atoms with Gasteiger partial charge in [-0.05, 0) is 37.0 Å². The summed E-state index contributed by atoms with van der Waals surface area (Å²) >= 11 is 0. The molecular weight excluding hydrogens is 324 g/mol. The number of hydrogen-bond donors (Lipinski definition) is 1. The predicted molar refractivity (Wildman–Crippen MR) is 91.5 cm³/mol. The summed E-state index contributed by atoms with van der Waals surface area (Å²) in [5.74, 6) is -1.99. The number of benzene rings is 2. The van der Waals surface area contributed by atoms with Crippen molar-refractivity contribution < 1.29 is 18.3 Å². The van der Waals surface area contributed by atoms with Crippen LogP contribution < -0.4 is 5.32 Å². The summed E-state index contributed by atoms with van der Waals surface area (Å²) in [6.45, 7) is 1.73. The van der Waals surface area contributed by atoms with E-state index in [-0.39, 0.29) is 11.0 Å². The Balaban J connectivity index is 1.80. The van der Waals surface area contributed by atoms with Gasteiger partial charge in [0.1, 0.15) is 11.6 Å². The topological polar surface area (TPSA) is 38.3 Å². The molecule has 0 radical (unpaired) electrons. The number of halogens is 2. The summed E-state index contributed by atoms with van der Waals surface area (Å²) in [5.41, 5.74) is 0.899. The zero-order valence-electron chi connectivity index (χ0n) is 13.9. The third-order valence-electron chi connectivity index (χ3n) is 4.77. The van der Waals surface area contributed by atoms with Gasteiger partial charge in [0.15, 0.2) is 0 Å². The van der Waals surface area contributed by atoms with Gasteiger partial charge in [-0.3, -0.25) is 4.79 Å². The Kier molecular flexibility index (Phi) is 5.43. The minimum atomic E-state index is -0.759. The quantitative estimate of drug-likeness (QED) is 0.914. The summed E-state index contributed by atoms with van der Waals surface area (Å²) in [6, 6.07) is 12.9. The fourth-order valence-electron chi connectivity index (χ4n) is 3.40. The third kappa shape index (κ3) is 4.23. The minimum absolute atomic E-state index is 0.00872. The zero-order valence-corrected chi connectivity index (χ0v) is 13.9. The lowest BCUT2D eigenvalue weighted by Gasteiger charge is -2.33. The second-order valence-electron chi connectivity index (χ2n) is 6.45. The molecular formula is C20H21F2NO2. The van der Waals surface area contributed by atoms with Crippen molar-refractivity contribution >= 4 is 5.91 Å². The molecule has 1 saturated heterocycles. The van der Waals surface area contributed by atoms with Crippen molar-refractivity contribution in [3.63, 3.8) is 0 Å². The zero-order chi connectivity index (χ0) is 17.7. The third-order valence-corrected chi connectivity index (χ3v) is 4.77. The summed E-state index contributed by atoms with van der Waals surface area (Å²) in [4.78, 5) is 12.4. The highest BCUT2D eigenvalue weighted by atomic mass is 19.1. The van der Waals surface area contributed by atoms with E-state index in [1.165, 1.54) is 0 Å². The molecule has 1 amide bonds. The van der Waals surface area contributed by atoms with Crippen LogP contribution >= 0.6 is 0 Å². The summed E-state index contributed by atoms with van der Waals surface area (Å²) in [7, 11) is 0. The first-order chi connectivity index (χ1) is 12.1. The molecule has 1 N–H and O–H groups in total. The van der Waals surface area contributed by atoms with Gasteiger partial charge in [-0.15, -0.1) is 0 Å². The van der Waals surface area contributed by atoms with Crippen LogP contribution in [0.4, 0.5) is 8.78 Å². The highest BCUT2D eigenvalue weighted by Gasteiger charge is 2.33. The van der Waals surface area contributed by atoms with Gasteiger partial charge in [0.25, 0.3) is 5.91 Å². The molecule has 1 fully saturated rings. The van der Waals surface area contributed by atoms with Gasteiger partial charge in [-0.2, -0.15) is 0 Å². The summed E-state index contributed by atoms with van der Waals surface area (Å²) in [5, 5.41) is 2.86. The van der Waals surface area contributed by atoms with Crippen molar-refractivity contribution in [2.24, 2.45) is 0 Å². The van der Waals surface area contributed by atoms with E-state index in [9.17, 15) is 13.6 Å². The summed E-state index contributed by atoms with van der Waals surface area (Å²) in [6.07, 6.45) is 2.57. The van der Waals surface area contributed by atoms with Crippen molar-refractivity contribution in [2.75, 3.05) is 19.8 Å². The first-order valence-electron chi connectivity index (χ1n) is 8.47. The molecule has 0 aromatic heterocycles. The molecule has 25 heavy (non-hydrogen) atoms. The second-order valence-corrected chi connectivity index (χ2v) is 6.45. The Labute approximate surface area is 146 Å². The van der Waals surface area contributed by atoms with Crippen LogP contribution in [-0.4, -0.2) is 25.7 Å².